The van der Waals surface area contributed by atoms with Crippen LogP contribution in [-0.4, -0.2) is 35.5 Å². The van der Waals surface area contributed by atoms with E-state index in [1.807, 2.05) is 0 Å². The number of amidine groups is 1. The number of aryl methyl sites for hydroxylation is 1. The quantitative estimate of drug-likeness (QED) is 0.334. The molecule has 8 heteroatoms. The summed E-state index contributed by atoms with van der Waals surface area (Å²) in [6.07, 6.45) is 0.344. The minimum Gasteiger partial charge on any atom is -0.409 e. The highest BCUT2D eigenvalue weighted by molar-refractivity contribution is 7.91. The van der Waals surface area contributed by atoms with Crippen LogP contribution < -0.4 is 11.3 Å². The summed E-state index contributed by atoms with van der Waals surface area (Å²) in [5, 5.41) is 11.4. The smallest absolute Gasteiger partial charge is 0.261 e. The van der Waals surface area contributed by atoms with E-state index in [9.17, 15) is 13.2 Å². The molecule has 0 aliphatic rings. The molecule has 1 heterocycles. The molecule has 0 radical (unpaired) electrons. The molecule has 1 rings (SSSR count). The van der Waals surface area contributed by atoms with Crippen LogP contribution in [0.15, 0.2) is 22.1 Å². The van der Waals surface area contributed by atoms with Crippen molar-refractivity contribution in [3.8, 4) is 0 Å². The number of rotatable bonds is 6. The van der Waals surface area contributed by atoms with Gasteiger partial charge in [0, 0.05) is 18.0 Å². The second kappa shape index (κ2) is 6.56. The van der Waals surface area contributed by atoms with Gasteiger partial charge in [-0.3, -0.25) is 4.79 Å². The molecule has 112 valence electrons. The van der Waals surface area contributed by atoms with Gasteiger partial charge >= 0.3 is 0 Å². The summed E-state index contributed by atoms with van der Waals surface area (Å²) in [4.78, 5) is 12.2. The molecular weight excluding hydrogens is 282 g/mol. The monoisotopic (exact) mass is 301 g/mol. The van der Waals surface area contributed by atoms with Crippen LogP contribution in [0.4, 0.5) is 0 Å². The van der Waals surface area contributed by atoms with Gasteiger partial charge in [-0.25, -0.2) is 8.42 Å². The first-order valence-corrected chi connectivity index (χ1v) is 8.03. The van der Waals surface area contributed by atoms with E-state index < -0.39 is 15.4 Å². The molecule has 0 aliphatic heterocycles. The van der Waals surface area contributed by atoms with Crippen LogP contribution in [0.1, 0.15) is 24.6 Å². The second-order valence-electron chi connectivity index (χ2n) is 4.42. The number of pyridine rings is 1. The van der Waals surface area contributed by atoms with E-state index in [2.05, 4.69) is 5.16 Å². The van der Waals surface area contributed by atoms with Crippen molar-refractivity contribution >= 4 is 15.7 Å². The standard InChI is InChI=1S/C12H19N3O4S/c1-3-20(18,19)8-4-7-15-9(2)5-6-10(12(15)16)11(13)14-17/h5-6,17H,3-4,7-8H2,1-2H3,(H2,13,14). The Labute approximate surface area is 117 Å². The van der Waals surface area contributed by atoms with Crippen LogP contribution in [0.3, 0.4) is 0 Å². The van der Waals surface area contributed by atoms with Crippen LogP contribution in [0, 0.1) is 6.92 Å². The maximum Gasteiger partial charge on any atom is 0.261 e. The van der Waals surface area contributed by atoms with Crippen LogP contribution in [-0.2, 0) is 16.4 Å². The van der Waals surface area contributed by atoms with Crippen molar-refractivity contribution in [3.05, 3.63) is 33.7 Å². The number of oxime groups is 1. The van der Waals surface area contributed by atoms with E-state index >= 15 is 0 Å². The fraction of sp³-hybridized carbons (Fsp3) is 0.500. The summed E-state index contributed by atoms with van der Waals surface area (Å²) < 4.78 is 24.3. The van der Waals surface area contributed by atoms with E-state index in [0.29, 0.717) is 12.1 Å². The molecule has 1 aromatic rings. The number of hydrogen-bond donors (Lipinski definition) is 2. The number of nitrogens with zero attached hydrogens (tertiary/aromatic N) is 2. The summed E-state index contributed by atoms with van der Waals surface area (Å²) >= 11 is 0. The third kappa shape index (κ3) is 3.83. The predicted molar refractivity (Wildman–Crippen MR) is 76.9 cm³/mol. The van der Waals surface area contributed by atoms with Crippen LogP contribution in [0.5, 0.6) is 0 Å². The molecule has 0 amide bonds. The zero-order chi connectivity index (χ0) is 15.3. The van der Waals surface area contributed by atoms with Gasteiger partial charge in [0.25, 0.3) is 5.56 Å². The Morgan fingerprint density at radius 2 is 2.10 bits per heavy atom. The van der Waals surface area contributed by atoms with E-state index in [-0.39, 0.29) is 29.4 Å². The first kappa shape index (κ1) is 16.2. The summed E-state index contributed by atoms with van der Waals surface area (Å²) in [7, 11) is -3.05. The maximum atomic E-state index is 12.2. The molecule has 0 unspecified atom stereocenters. The Balaban J connectivity index is 2.99. The maximum absolute atomic E-state index is 12.2. The SMILES string of the molecule is CCS(=O)(=O)CCCn1c(C)ccc(/C(N)=N/O)c1=O. The van der Waals surface area contributed by atoms with Gasteiger partial charge in [-0.1, -0.05) is 12.1 Å². The van der Waals surface area contributed by atoms with Crippen molar-refractivity contribution in [3.63, 3.8) is 0 Å². The Hall–Kier alpha value is -1.83. The van der Waals surface area contributed by atoms with Crippen molar-refractivity contribution in [1.82, 2.24) is 4.57 Å². The van der Waals surface area contributed by atoms with E-state index in [0.717, 1.165) is 0 Å². The van der Waals surface area contributed by atoms with Gasteiger partial charge < -0.3 is 15.5 Å². The lowest BCUT2D eigenvalue weighted by Gasteiger charge is -2.11. The molecule has 20 heavy (non-hydrogen) atoms. The van der Waals surface area contributed by atoms with Crippen LogP contribution >= 0.6 is 0 Å². The van der Waals surface area contributed by atoms with Gasteiger partial charge in [-0.15, -0.1) is 0 Å². The zero-order valence-corrected chi connectivity index (χ0v) is 12.4. The van der Waals surface area contributed by atoms with Gasteiger partial charge in [-0.05, 0) is 25.5 Å². The fourth-order valence-electron chi connectivity index (χ4n) is 1.78. The highest BCUT2D eigenvalue weighted by Crippen LogP contribution is 2.02. The van der Waals surface area contributed by atoms with Gasteiger partial charge in [0.1, 0.15) is 9.84 Å². The summed E-state index contributed by atoms with van der Waals surface area (Å²) in [5.74, 6) is -0.140. The van der Waals surface area contributed by atoms with Gasteiger partial charge in [0.2, 0.25) is 0 Å². The molecular formula is C12H19N3O4S. The van der Waals surface area contributed by atoms with Crippen molar-refractivity contribution in [1.29, 1.82) is 0 Å². The molecule has 0 atom stereocenters. The minimum absolute atomic E-state index is 0.0309. The lowest BCUT2D eigenvalue weighted by atomic mass is 10.2. The predicted octanol–water partition coefficient (Wildman–Crippen LogP) is 0.0760. The molecule has 0 fully saturated rings. The van der Waals surface area contributed by atoms with Crippen molar-refractivity contribution in [2.75, 3.05) is 11.5 Å². The van der Waals surface area contributed by atoms with E-state index in [4.69, 9.17) is 10.9 Å². The molecule has 0 aliphatic carbocycles. The molecule has 0 saturated heterocycles. The molecule has 0 saturated carbocycles. The van der Waals surface area contributed by atoms with Gasteiger partial charge in [-0.2, -0.15) is 0 Å². The average molecular weight is 301 g/mol. The third-order valence-electron chi connectivity index (χ3n) is 3.05. The van der Waals surface area contributed by atoms with Crippen molar-refractivity contribution in [2.24, 2.45) is 10.9 Å². The Morgan fingerprint density at radius 3 is 2.65 bits per heavy atom. The highest BCUT2D eigenvalue weighted by atomic mass is 32.2. The second-order valence-corrected chi connectivity index (χ2v) is 6.89. The largest absolute Gasteiger partial charge is 0.409 e. The Kier molecular flexibility index (Phi) is 5.32. The minimum atomic E-state index is -3.05. The lowest BCUT2D eigenvalue weighted by Crippen LogP contribution is -2.31. The van der Waals surface area contributed by atoms with Crippen LogP contribution in [0.25, 0.3) is 0 Å². The first-order valence-electron chi connectivity index (χ1n) is 6.21. The molecule has 0 bridgehead atoms. The zero-order valence-electron chi connectivity index (χ0n) is 11.5. The topological polar surface area (TPSA) is 115 Å². The van der Waals surface area contributed by atoms with Crippen molar-refractivity contribution < 1.29 is 13.6 Å². The van der Waals surface area contributed by atoms with Crippen LogP contribution in [0.2, 0.25) is 0 Å². The molecule has 0 spiro atoms. The highest BCUT2D eigenvalue weighted by Gasteiger charge is 2.12. The molecule has 3 N–H and O–H groups in total. The molecule has 1 aromatic heterocycles. The molecule has 0 aromatic carbocycles. The first-order chi connectivity index (χ1) is 9.32. The van der Waals surface area contributed by atoms with Gasteiger partial charge in [0.05, 0.1) is 11.3 Å². The average Bonchev–Trinajstić information content (AvgIpc) is 2.41. The summed E-state index contributed by atoms with van der Waals surface area (Å²) in [5.41, 5.74) is 5.82. The van der Waals surface area contributed by atoms with Gasteiger partial charge in [0.15, 0.2) is 5.84 Å². The number of sulfone groups is 1. The van der Waals surface area contributed by atoms with E-state index in [1.165, 1.54) is 10.6 Å². The fourth-order valence-corrected chi connectivity index (χ4v) is 2.64. The Bertz CT molecular complexity index is 662. The summed E-state index contributed by atoms with van der Waals surface area (Å²) in [6, 6.07) is 3.15. The Morgan fingerprint density at radius 1 is 1.45 bits per heavy atom. The summed E-state index contributed by atoms with van der Waals surface area (Å²) in [6.45, 7) is 3.61. The lowest BCUT2D eigenvalue weighted by molar-refractivity contribution is 0.318. The molecule has 7 nitrogen and oxygen atoms in total. The normalized spacial score (nSPS) is 12.6. The third-order valence-corrected chi connectivity index (χ3v) is 4.84. The number of hydrogen-bond acceptors (Lipinski definition) is 5. The van der Waals surface area contributed by atoms with Crippen molar-refractivity contribution in [2.45, 2.75) is 26.8 Å². The number of nitrogens with two attached hydrogens (primary N) is 1. The van der Waals surface area contributed by atoms with E-state index in [1.54, 1.807) is 19.9 Å². The number of aromatic nitrogens is 1.